The molecule has 0 saturated carbocycles. The molecule has 0 spiro atoms. The summed E-state index contributed by atoms with van der Waals surface area (Å²) < 4.78 is 5.26. The molecule has 0 bridgehead atoms. The van der Waals surface area contributed by atoms with Gasteiger partial charge in [0.25, 0.3) is 0 Å². The molecule has 0 aromatic carbocycles. The van der Waals surface area contributed by atoms with Crippen molar-refractivity contribution < 1.29 is 4.42 Å². The zero-order chi connectivity index (χ0) is 9.68. The highest BCUT2D eigenvalue weighted by atomic mass is 16.3. The third-order valence-corrected chi connectivity index (χ3v) is 2.32. The fourth-order valence-electron chi connectivity index (χ4n) is 1.27. The molecular weight excluding hydrogens is 164 g/mol. The van der Waals surface area contributed by atoms with E-state index in [0.717, 1.165) is 25.3 Å². The van der Waals surface area contributed by atoms with Gasteiger partial charge in [-0.3, -0.25) is 4.90 Å². The molecule has 0 amide bonds. The number of hydrogen-bond acceptors (Lipinski definition) is 3. The molecule has 74 valence electrons. The first-order chi connectivity index (χ1) is 6.24. The maximum Gasteiger partial charge on any atom is 0.117 e. The van der Waals surface area contributed by atoms with Crippen molar-refractivity contribution in [2.75, 3.05) is 13.6 Å². The van der Waals surface area contributed by atoms with Crippen LogP contribution in [0.1, 0.15) is 19.1 Å². The second-order valence-electron chi connectivity index (χ2n) is 3.42. The van der Waals surface area contributed by atoms with Gasteiger partial charge in [0.05, 0.1) is 12.8 Å². The summed E-state index contributed by atoms with van der Waals surface area (Å²) in [5.74, 6) is 1.01. The molecular formula is C10H18N2O. The quantitative estimate of drug-likeness (QED) is 0.749. The van der Waals surface area contributed by atoms with Crippen molar-refractivity contribution in [3.63, 3.8) is 0 Å². The molecule has 1 rings (SSSR count). The monoisotopic (exact) mass is 182 g/mol. The molecule has 3 heteroatoms. The van der Waals surface area contributed by atoms with Gasteiger partial charge in [0.1, 0.15) is 5.76 Å². The van der Waals surface area contributed by atoms with E-state index < -0.39 is 0 Å². The summed E-state index contributed by atoms with van der Waals surface area (Å²) >= 11 is 0. The van der Waals surface area contributed by atoms with Crippen LogP contribution >= 0.6 is 0 Å². The Morgan fingerprint density at radius 2 is 2.38 bits per heavy atom. The van der Waals surface area contributed by atoms with E-state index in [-0.39, 0.29) is 0 Å². The van der Waals surface area contributed by atoms with Gasteiger partial charge in [-0.05, 0) is 39.1 Å². The first-order valence-electron chi connectivity index (χ1n) is 4.66. The van der Waals surface area contributed by atoms with E-state index >= 15 is 0 Å². The van der Waals surface area contributed by atoms with Crippen molar-refractivity contribution in [1.82, 2.24) is 4.90 Å². The number of hydrogen-bond donors (Lipinski definition) is 1. The van der Waals surface area contributed by atoms with Crippen LogP contribution in [0.15, 0.2) is 22.8 Å². The molecule has 0 radical (unpaired) electrons. The number of nitrogens with zero attached hydrogens (tertiary/aromatic N) is 1. The highest BCUT2D eigenvalue weighted by Gasteiger charge is 2.09. The standard InChI is InChI=1S/C10H18N2O/c1-9(5-6-11)12(2)8-10-4-3-7-13-10/h3-4,7,9H,5-6,8,11H2,1-2H3. The molecule has 0 aliphatic carbocycles. The van der Waals surface area contributed by atoms with Crippen molar-refractivity contribution >= 4 is 0 Å². The Balaban J connectivity index is 2.36. The molecule has 0 aliphatic heterocycles. The van der Waals surface area contributed by atoms with E-state index in [1.54, 1.807) is 6.26 Å². The van der Waals surface area contributed by atoms with Crippen LogP contribution in [0.25, 0.3) is 0 Å². The predicted molar refractivity (Wildman–Crippen MR) is 53.3 cm³/mol. The lowest BCUT2D eigenvalue weighted by Gasteiger charge is -2.22. The fraction of sp³-hybridized carbons (Fsp3) is 0.600. The second kappa shape index (κ2) is 5.04. The third-order valence-electron chi connectivity index (χ3n) is 2.32. The predicted octanol–water partition coefficient (Wildman–Crippen LogP) is 1.45. The lowest BCUT2D eigenvalue weighted by Crippen LogP contribution is -2.30. The molecule has 0 aliphatic rings. The van der Waals surface area contributed by atoms with Gasteiger partial charge in [-0.15, -0.1) is 0 Å². The third kappa shape index (κ3) is 3.20. The number of furan rings is 1. The minimum Gasteiger partial charge on any atom is -0.468 e. The molecule has 2 N–H and O–H groups in total. The molecule has 1 aromatic heterocycles. The second-order valence-corrected chi connectivity index (χ2v) is 3.42. The van der Waals surface area contributed by atoms with Crippen molar-refractivity contribution in [3.05, 3.63) is 24.2 Å². The molecule has 3 nitrogen and oxygen atoms in total. The number of nitrogens with two attached hydrogens (primary N) is 1. The Morgan fingerprint density at radius 3 is 2.92 bits per heavy atom. The topological polar surface area (TPSA) is 42.4 Å². The summed E-state index contributed by atoms with van der Waals surface area (Å²) in [7, 11) is 2.09. The van der Waals surface area contributed by atoms with Crippen LogP contribution in [-0.4, -0.2) is 24.5 Å². The largest absolute Gasteiger partial charge is 0.468 e. The molecule has 13 heavy (non-hydrogen) atoms. The van der Waals surface area contributed by atoms with Gasteiger partial charge >= 0.3 is 0 Å². The molecule has 1 atom stereocenters. The van der Waals surface area contributed by atoms with Crippen LogP contribution in [0.2, 0.25) is 0 Å². The number of rotatable bonds is 5. The Hall–Kier alpha value is -0.800. The normalized spacial score (nSPS) is 13.5. The summed E-state index contributed by atoms with van der Waals surface area (Å²) in [4.78, 5) is 2.24. The maximum absolute atomic E-state index is 5.49. The molecule has 0 fully saturated rings. The van der Waals surface area contributed by atoms with Crippen molar-refractivity contribution in [3.8, 4) is 0 Å². The molecule has 1 aromatic rings. The van der Waals surface area contributed by atoms with Crippen LogP contribution in [0, 0.1) is 0 Å². The molecule has 0 saturated heterocycles. The first-order valence-corrected chi connectivity index (χ1v) is 4.66. The summed E-state index contributed by atoms with van der Waals surface area (Å²) in [6.45, 7) is 3.77. The van der Waals surface area contributed by atoms with Gasteiger partial charge in [-0.2, -0.15) is 0 Å². The Bertz CT molecular complexity index is 221. The molecule has 1 heterocycles. The minimum absolute atomic E-state index is 0.509. The average molecular weight is 182 g/mol. The van der Waals surface area contributed by atoms with E-state index in [0.29, 0.717) is 6.04 Å². The van der Waals surface area contributed by atoms with E-state index in [9.17, 15) is 0 Å². The van der Waals surface area contributed by atoms with Gasteiger partial charge in [-0.1, -0.05) is 0 Å². The Morgan fingerprint density at radius 1 is 1.62 bits per heavy atom. The van der Waals surface area contributed by atoms with Crippen LogP contribution < -0.4 is 5.73 Å². The van der Waals surface area contributed by atoms with Gasteiger partial charge < -0.3 is 10.2 Å². The van der Waals surface area contributed by atoms with Crippen molar-refractivity contribution in [2.24, 2.45) is 5.73 Å². The lowest BCUT2D eigenvalue weighted by atomic mass is 10.2. The van der Waals surface area contributed by atoms with Gasteiger partial charge in [0.15, 0.2) is 0 Å². The summed E-state index contributed by atoms with van der Waals surface area (Å²) in [5, 5.41) is 0. The van der Waals surface area contributed by atoms with E-state index in [4.69, 9.17) is 10.2 Å². The zero-order valence-electron chi connectivity index (χ0n) is 8.36. The Kier molecular flexibility index (Phi) is 3.99. The minimum atomic E-state index is 0.509. The highest BCUT2D eigenvalue weighted by Crippen LogP contribution is 2.07. The Labute approximate surface area is 79.5 Å². The van der Waals surface area contributed by atoms with Gasteiger partial charge in [-0.25, -0.2) is 0 Å². The van der Waals surface area contributed by atoms with Gasteiger partial charge in [0.2, 0.25) is 0 Å². The van der Waals surface area contributed by atoms with Crippen LogP contribution in [0.3, 0.4) is 0 Å². The van der Waals surface area contributed by atoms with E-state index in [1.165, 1.54) is 0 Å². The zero-order valence-corrected chi connectivity index (χ0v) is 8.36. The lowest BCUT2D eigenvalue weighted by molar-refractivity contribution is 0.222. The van der Waals surface area contributed by atoms with Crippen LogP contribution in [0.4, 0.5) is 0 Å². The van der Waals surface area contributed by atoms with Crippen molar-refractivity contribution in [2.45, 2.75) is 25.9 Å². The van der Waals surface area contributed by atoms with Crippen molar-refractivity contribution in [1.29, 1.82) is 0 Å². The van der Waals surface area contributed by atoms with Crippen LogP contribution in [-0.2, 0) is 6.54 Å². The smallest absolute Gasteiger partial charge is 0.117 e. The highest BCUT2D eigenvalue weighted by molar-refractivity contribution is 4.97. The van der Waals surface area contributed by atoms with E-state index in [1.807, 2.05) is 12.1 Å². The SMILES string of the molecule is CC(CCN)N(C)Cc1ccco1. The first kappa shape index (κ1) is 10.3. The fourth-order valence-corrected chi connectivity index (χ4v) is 1.27. The maximum atomic E-state index is 5.49. The molecule has 1 unspecified atom stereocenters. The summed E-state index contributed by atoms with van der Waals surface area (Å²) in [5.41, 5.74) is 5.49. The summed E-state index contributed by atoms with van der Waals surface area (Å²) in [6, 6.07) is 4.41. The summed E-state index contributed by atoms with van der Waals surface area (Å²) in [6.07, 6.45) is 2.73. The average Bonchev–Trinajstić information content (AvgIpc) is 2.57. The van der Waals surface area contributed by atoms with Crippen LogP contribution in [0.5, 0.6) is 0 Å². The van der Waals surface area contributed by atoms with Gasteiger partial charge in [0, 0.05) is 6.04 Å². The van der Waals surface area contributed by atoms with E-state index in [2.05, 4.69) is 18.9 Å².